The van der Waals surface area contributed by atoms with Crippen molar-refractivity contribution in [2.75, 3.05) is 0 Å². The molecule has 0 amide bonds. The predicted molar refractivity (Wildman–Crippen MR) is 233 cm³/mol. The summed E-state index contributed by atoms with van der Waals surface area (Å²) in [6.07, 6.45) is 9.12. The van der Waals surface area contributed by atoms with Crippen LogP contribution in [0.3, 0.4) is 0 Å². The Balaban J connectivity index is 1.05. The second kappa shape index (κ2) is 14.3. The smallest absolute Gasteiger partial charge is 0.137 e. The molecule has 0 aliphatic heterocycles. The van der Waals surface area contributed by atoms with Crippen LogP contribution in [0.25, 0.3) is 61.1 Å². The summed E-state index contributed by atoms with van der Waals surface area (Å²) in [5, 5.41) is 2.33. The maximum atomic E-state index is 6.65. The van der Waals surface area contributed by atoms with Crippen molar-refractivity contribution in [3.8, 4) is 50.8 Å². The average Bonchev–Trinajstić information content (AvgIpc) is 3.52. The molecule has 0 spiro atoms. The highest BCUT2D eigenvalue weighted by molar-refractivity contribution is 6.10. The largest absolute Gasteiger partial charge is 0.457 e. The minimum atomic E-state index is 0.472. The molecule has 4 heteroatoms. The van der Waals surface area contributed by atoms with Gasteiger partial charge in [-0.3, -0.25) is 9.55 Å². The second-order valence-corrected chi connectivity index (χ2v) is 16.8. The fourth-order valence-electron chi connectivity index (χ4n) is 8.66. The third kappa shape index (κ3) is 6.79. The van der Waals surface area contributed by atoms with E-state index in [-0.39, 0.29) is 0 Å². The highest BCUT2D eigenvalue weighted by Crippen LogP contribution is 2.44. The first-order valence-electron chi connectivity index (χ1n) is 20.0. The fourth-order valence-corrected chi connectivity index (χ4v) is 8.66. The summed E-state index contributed by atoms with van der Waals surface area (Å²) in [6, 6.07) is 43.5. The van der Waals surface area contributed by atoms with Crippen LogP contribution in [0.5, 0.6) is 11.5 Å². The minimum Gasteiger partial charge on any atom is -0.457 e. The van der Waals surface area contributed by atoms with Crippen molar-refractivity contribution >= 4 is 21.8 Å². The van der Waals surface area contributed by atoms with E-state index in [4.69, 9.17) is 14.7 Å². The Morgan fingerprint density at radius 3 is 2.11 bits per heavy atom. The number of ether oxygens (including phenoxy) is 1. The Morgan fingerprint density at radius 1 is 0.554 bits per heavy atom. The van der Waals surface area contributed by atoms with Gasteiger partial charge >= 0.3 is 0 Å². The minimum absolute atomic E-state index is 0.472. The topological polar surface area (TPSA) is 39.9 Å². The van der Waals surface area contributed by atoms with Gasteiger partial charge in [-0.25, -0.2) is 4.98 Å². The summed E-state index contributed by atoms with van der Waals surface area (Å²) < 4.78 is 8.91. The molecular formula is C52H49N3O. The Kier molecular flexibility index (Phi) is 9.08. The molecule has 1 saturated carbocycles. The van der Waals surface area contributed by atoms with Crippen LogP contribution >= 0.6 is 0 Å². The standard InChI is InChI=1S/C52H49N3O/c1-33-26-51(54-31-35(33)3)55-49-20-16-40(37-11-8-7-9-12-37)28-47(49)45-19-17-43(29-50(45)55)56-42-14-10-13-41(27-42)48-30-46(36(4)32-53-48)44-18-15-39(25-34(44)2)38-21-23-52(5,6)24-22-38/h7-20,25-32,38H,21-24H2,1-6H3. The molecule has 278 valence electrons. The number of aromatic nitrogens is 3. The summed E-state index contributed by atoms with van der Waals surface area (Å²) in [7, 11) is 0. The molecule has 0 bridgehead atoms. The summed E-state index contributed by atoms with van der Waals surface area (Å²) >= 11 is 0. The lowest BCUT2D eigenvalue weighted by Gasteiger charge is -2.34. The van der Waals surface area contributed by atoms with Crippen LogP contribution in [-0.4, -0.2) is 14.5 Å². The summed E-state index contributed by atoms with van der Waals surface area (Å²) in [6.45, 7) is 13.5. The molecule has 9 rings (SSSR count). The summed E-state index contributed by atoms with van der Waals surface area (Å²) in [5.74, 6) is 3.08. The zero-order chi connectivity index (χ0) is 38.6. The van der Waals surface area contributed by atoms with Crippen LogP contribution in [0, 0.1) is 33.1 Å². The van der Waals surface area contributed by atoms with E-state index in [9.17, 15) is 0 Å². The average molecular weight is 732 g/mol. The van der Waals surface area contributed by atoms with Crippen LogP contribution in [-0.2, 0) is 0 Å². The monoisotopic (exact) mass is 731 g/mol. The zero-order valence-corrected chi connectivity index (χ0v) is 33.4. The fraction of sp³-hybridized carbons (Fsp3) is 0.231. The molecule has 3 heterocycles. The van der Waals surface area contributed by atoms with E-state index in [0.717, 1.165) is 45.0 Å². The van der Waals surface area contributed by atoms with Crippen molar-refractivity contribution in [1.82, 2.24) is 14.5 Å². The van der Waals surface area contributed by atoms with Crippen molar-refractivity contribution in [1.29, 1.82) is 0 Å². The van der Waals surface area contributed by atoms with Crippen LogP contribution in [0.2, 0.25) is 0 Å². The van der Waals surface area contributed by atoms with Gasteiger partial charge in [0.15, 0.2) is 0 Å². The van der Waals surface area contributed by atoms with Gasteiger partial charge in [0.2, 0.25) is 0 Å². The van der Waals surface area contributed by atoms with Gasteiger partial charge in [0.1, 0.15) is 17.3 Å². The third-order valence-corrected chi connectivity index (χ3v) is 12.3. The maximum Gasteiger partial charge on any atom is 0.137 e. The van der Waals surface area contributed by atoms with E-state index in [1.165, 1.54) is 81.1 Å². The van der Waals surface area contributed by atoms with Crippen molar-refractivity contribution < 1.29 is 4.74 Å². The van der Waals surface area contributed by atoms with E-state index < -0.39 is 0 Å². The summed E-state index contributed by atoms with van der Waals surface area (Å²) in [5.41, 5.74) is 15.8. The first-order chi connectivity index (χ1) is 27.1. The van der Waals surface area contributed by atoms with Gasteiger partial charge in [0.25, 0.3) is 0 Å². The highest BCUT2D eigenvalue weighted by Gasteiger charge is 2.28. The number of pyridine rings is 2. The van der Waals surface area contributed by atoms with Gasteiger partial charge in [0, 0.05) is 34.8 Å². The molecule has 8 aromatic rings. The lowest BCUT2D eigenvalue weighted by molar-refractivity contribution is 0.224. The SMILES string of the molecule is Cc1cnc(-n2c3ccc(-c4ccccc4)cc3c3ccc(Oc4cccc(-c5cc(-c6ccc(C7CCC(C)(C)CC7)cc6C)c(C)cn5)c4)cc32)cc1C. The van der Waals surface area contributed by atoms with Gasteiger partial charge in [-0.2, -0.15) is 0 Å². The van der Waals surface area contributed by atoms with Crippen LogP contribution < -0.4 is 4.74 Å². The molecule has 1 fully saturated rings. The molecule has 0 N–H and O–H groups in total. The first-order valence-corrected chi connectivity index (χ1v) is 20.0. The number of aryl methyl sites for hydroxylation is 4. The molecule has 3 aromatic heterocycles. The van der Waals surface area contributed by atoms with Gasteiger partial charge in [-0.1, -0.05) is 80.6 Å². The number of nitrogens with zero attached hydrogens (tertiary/aromatic N) is 3. The quantitative estimate of drug-likeness (QED) is 0.164. The lowest BCUT2D eigenvalue weighted by atomic mass is 9.71. The Hall–Kier alpha value is -6.00. The summed E-state index contributed by atoms with van der Waals surface area (Å²) in [4.78, 5) is 9.81. The third-order valence-electron chi connectivity index (χ3n) is 12.3. The van der Waals surface area contributed by atoms with Gasteiger partial charge in [-0.15, -0.1) is 0 Å². The number of hydrogen-bond donors (Lipinski definition) is 0. The number of hydrogen-bond acceptors (Lipinski definition) is 3. The molecule has 56 heavy (non-hydrogen) atoms. The van der Waals surface area contributed by atoms with E-state index in [1.54, 1.807) is 0 Å². The molecule has 5 aromatic carbocycles. The Morgan fingerprint density at radius 2 is 1.32 bits per heavy atom. The van der Waals surface area contributed by atoms with Crippen LogP contribution in [0.15, 0.2) is 134 Å². The molecule has 0 saturated heterocycles. The Bertz CT molecular complexity index is 2750. The van der Waals surface area contributed by atoms with E-state index in [1.807, 2.05) is 18.5 Å². The molecule has 1 aliphatic carbocycles. The molecule has 1 aliphatic rings. The van der Waals surface area contributed by atoms with Gasteiger partial charge in [-0.05, 0) is 163 Å². The van der Waals surface area contributed by atoms with E-state index in [2.05, 4.69) is 161 Å². The molecule has 0 unspecified atom stereocenters. The highest BCUT2D eigenvalue weighted by atomic mass is 16.5. The number of fused-ring (bicyclic) bond motifs is 3. The first kappa shape index (κ1) is 35.7. The van der Waals surface area contributed by atoms with Gasteiger partial charge < -0.3 is 4.74 Å². The molecule has 0 radical (unpaired) electrons. The van der Waals surface area contributed by atoms with E-state index in [0.29, 0.717) is 11.3 Å². The van der Waals surface area contributed by atoms with Crippen LogP contribution in [0.4, 0.5) is 0 Å². The van der Waals surface area contributed by atoms with Crippen molar-refractivity contribution in [3.63, 3.8) is 0 Å². The predicted octanol–water partition coefficient (Wildman–Crippen LogP) is 14.3. The van der Waals surface area contributed by atoms with Crippen molar-refractivity contribution in [3.05, 3.63) is 162 Å². The lowest BCUT2D eigenvalue weighted by Crippen LogP contribution is -2.20. The van der Waals surface area contributed by atoms with Crippen LogP contribution in [0.1, 0.15) is 73.3 Å². The number of rotatable bonds is 7. The zero-order valence-electron chi connectivity index (χ0n) is 33.4. The number of benzene rings is 5. The molecule has 4 nitrogen and oxygen atoms in total. The van der Waals surface area contributed by atoms with Gasteiger partial charge in [0.05, 0.1) is 16.7 Å². The molecular weight excluding hydrogens is 683 g/mol. The van der Waals surface area contributed by atoms with Crippen molar-refractivity contribution in [2.24, 2.45) is 5.41 Å². The van der Waals surface area contributed by atoms with E-state index >= 15 is 0 Å². The molecule has 0 atom stereocenters. The normalized spacial score (nSPS) is 14.4. The maximum absolute atomic E-state index is 6.65. The Labute approximate surface area is 330 Å². The van der Waals surface area contributed by atoms with Crippen molar-refractivity contribution in [2.45, 2.75) is 73.1 Å². The second-order valence-electron chi connectivity index (χ2n) is 16.8.